The van der Waals surface area contributed by atoms with Crippen molar-refractivity contribution in [1.29, 1.82) is 0 Å². The third kappa shape index (κ3) is 3.95. The van der Waals surface area contributed by atoms with Gasteiger partial charge >= 0.3 is 5.97 Å². The summed E-state index contributed by atoms with van der Waals surface area (Å²) >= 11 is 0. The van der Waals surface area contributed by atoms with Crippen molar-refractivity contribution >= 4 is 5.97 Å². The molecule has 118 valence electrons. The zero-order valence-electron chi connectivity index (χ0n) is 13.9. The van der Waals surface area contributed by atoms with Crippen LogP contribution in [0.4, 0.5) is 0 Å². The van der Waals surface area contributed by atoms with E-state index in [1.165, 1.54) is 7.11 Å². The van der Waals surface area contributed by atoms with Crippen molar-refractivity contribution in [2.24, 2.45) is 11.8 Å². The molecule has 1 aliphatic rings. The van der Waals surface area contributed by atoms with E-state index in [2.05, 4.69) is 31.0 Å². The minimum absolute atomic E-state index is 0.0885. The Morgan fingerprint density at radius 1 is 1.50 bits per heavy atom. The first kappa shape index (κ1) is 17.4. The molecule has 0 heterocycles. The summed E-state index contributed by atoms with van der Waals surface area (Å²) in [6.45, 7) is 10.0. The molecule has 0 aromatic heterocycles. The van der Waals surface area contributed by atoms with Crippen molar-refractivity contribution in [2.75, 3.05) is 33.8 Å². The van der Waals surface area contributed by atoms with Crippen molar-refractivity contribution in [3.63, 3.8) is 0 Å². The minimum atomic E-state index is -0.452. The fourth-order valence-corrected chi connectivity index (χ4v) is 3.58. The van der Waals surface area contributed by atoms with E-state index in [0.717, 1.165) is 45.3 Å². The summed E-state index contributed by atoms with van der Waals surface area (Å²) < 4.78 is 5.04. The molecule has 0 spiro atoms. The number of hydrogen-bond acceptors (Lipinski definition) is 4. The van der Waals surface area contributed by atoms with E-state index in [-0.39, 0.29) is 5.97 Å². The van der Waals surface area contributed by atoms with E-state index in [0.29, 0.717) is 11.8 Å². The molecule has 4 heteroatoms. The molecule has 4 nitrogen and oxygen atoms in total. The minimum Gasteiger partial charge on any atom is -0.468 e. The van der Waals surface area contributed by atoms with Crippen molar-refractivity contribution in [1.82, 2.24) is 10.2 Å². The van der Waals surface area contributed by atoms with E-state index in [1.54, 1.807) is 0 Å². The second-order valence-corrected chi connectivity index (χ2v) is 6.38. The van der Waals surface area contributed by atoms with Crippen LogP contribution < -0.4 is 5.32 Å². The number of carbonyl (C=O) groups excluding carboxylic acids is 1. The van der Waals surface area contributed by atoms with E-state index in [1.807, 2.05) is 7.05 Å². The van der Waals surface area contributed by atoms with Crippen molar-refractivity contribution in [3.8, 4) is 0 Å². The maximum atomic E-state index is 12.2. The quantitative estimate of drug-likeness (QED) is 0.694. The number of hydrogen-bond donors (Lipinski definition) is 1. The Morgan fingerprint density at radius 2 is 2.20 bits per heavy atom. The summed E-state index contributed by atoms with van der Waals surface area (Å²) in [5.41, 5.74) is -0.452. The summed E-state index contributed by atoms with van der Waals surface area (Å²) in [6.07, 6.45) is 4.19. The van der Waals surface area contributed by atoms with Gasteiger partial charge < -0.3 is 15.0 Å². The molecule has 1 fully saturated rings. The zero-order chi connectivity index (χ0) is 15.2. The highest BCUT2D eigenvalue weighted by Crippen LogP contribution is 2.38. The molecule has 0 aromatic carbocycles. The molecule has 1 N–H and O–H groups in total. The lowest BCUT2D eigenvalue weighted by molar-refractivity contribution is -0.150. The molecule has 2 atom stereocenters. The van der Waals surface area contributed by atoms with Crippen LogP contribution in [0, 0.1) is 11.8 Å². The summed E-state index contributed by atoms with van der Waals surface area (Å²) in [4.78, 5) is 14.7. The summed E-state index contributed by atoms with van der Waals surface area (Å²) in [5, 5.41) is 3.27. The Bertz CT molecular complexity index is 307. The van der Waals surface area contributed by atoms with Crippen LogP contribution in [0.15, 0.2) is 0 Å². The average Bonchev–Trinajstić information content (AvgIpc) is 2.86. The first-order chi connectivity index (χ1) is 9.50. The molecule has 1 rings (SSSR count). The van der Waals surface area contributed by atoms with Gasteiger partial charge in [-0.3, -0.25) is 4.79 Å². The highest BCUT2D eigenvalue weighted by molar-refractivity contribution is 5.81. The second-order valence-electron chi connectivity index (χ2n) is 6.38. The third-order valence-corrected chi connectivity index (χ3v) is 4.68. The van der Waals surface area contributed by atoms with E-state index < -0.39 is 5.54 Å². The number of nitrogens with one attached hydrogen (secondary N) is 1. The summed E-state index contributed by atoms with van der Waals surface area (Å²) in [6, 6.07) is 0. The molecule has 20 heavy (non-hydrogen) atoms. The predicted molar refractivity (Wildman–Crippen MR) is 82.7 cm³/mol. The largest absolute Gasteiger partial charge is 0.468 e. The van der Waals surface area contributed by atoms with Crippen LogP contribution in [0.1, 0.15) is 46.5 Å². The van der Waals surface area contributed by atoms with Crippen LogP contribution in [0.3, 0.4) is 0 Å². The number of ether oxygens (including phenoxy) is 1. The maximum Gasteiger partial charge on any atom is 0.326 e. The fraction of sp³-hybridized carbons (Fsp3) is 0.938. The Labute approximate surface area is 124 Å². The van der Waals surface area contributed by atoms with Gasteiger partial charge in [0.25, 0.3) is 0 Å². The third-order valence-electron chi connectivity index (χ3n) is 4.68. The van der Waals surface area contributed by atoms with Gasteiger partial charge in [-0.2, -0.15) is 0 Å². The van der Waals surface area contributed by atoms with Gasteiger partial charge in [0.15, 0.2) is 0 Å². The van der Waals surface area contributed by atoms with Gasteiger partial charge in [-0.15, -0.1) is 0 Å². The van der Waals surface area contributed by atoms with Gasteiger partial charge in [0.2, 0.25) is 0 Å². The molecule has 0 amide bonds. The molecule has 1 aliphatic carbocycles. The molecule has 0 bridgehead atoms. The molecular weight excluding hydrogens is 252 g/mol. The highest BCUT2D eigenvalue weighted by Gasteiger charge is 2.48. The van der Waals surface area contributed by atoms with Crippen LogP contribution in [0.2, 0.25) is 0 Å². The number of nitrogens with zero attached hydrogens (tertiary/aromatic N) is 1. The average molecular weight is 284 g/mol. The Kier molecular flexibility index (Phi) is 6.96. The lowest BCUT2D eigenvalue weighted by Crippen LogP contribution is -2.54. The number of methoxy groups -OCH3 is 1. The first-order valence-corrected chi connectivity index (χ1v) is 7.99. The number of likely N-dealkylation sites (N-methyl/N-ethyl adjacent to an activating group) is 1. The number of carbonyl (C=O) groups is 1. The van der Waals surface area contributed by atoms with E-state index in [9.17, 15) is 4.79 Å². The van der Waals surface area contributed by atoms with Gasteiger partial charge in [-0.1, -0.05) is 27.2 Å². The molecular formula is C16H32N2O2. The summed E-state index contributed by atoms with van der Waals surface area (Å²) in [5.74, 6) is 0.990. The molecule has 0 aliphatic heterocycles. The Balaban J connectivity index is 2.63. The Hall–Kier alpha value is -0.610. The first-order valence-electron chi connectivity index (χ1n) is 7.99. The van der Waals surface area contributed by atoms with Gasteiger partial charge in [0.1, 0.15) is 5.54 Å². The fourth-order valence-electron chi connectivity index (χ4n) is 3.58. The standard InChI is InChI=1S/C16H32N2O2/c1-6-18(12-13(2)3)11-9-14-8-7-10-16(14,17-4)15(19)20-5/h13-14,17H,6-12H2,1-5H3. The highest BCUT2D eigenvalue weighted by atomic mass is 16.5. The lowest BCUT2D eigenvalue weighted by Gasteiger charge is -2.34. The van der Waals surface area contributed by atoms with Gasteiger partial charge in [0.05, 0.1) is 7.11 Å². The summed E-state index contributed by atoms with van der Waals surface area (Å²) in [7, 11) is 3.38. The van der Waals surface area contributed by atoms with Gasteiger partial charge in [-0.05, 0) is 51.2 Å². The van der Waals surface area contributed by atoms with Crippen LogP contribution in [-0.4, -0.2) is 50.2 Å². The lowest BCUT2D eigenvalue weighted by atomic mass is 9.84. The predicted octanol–water partition coefficient (Wildman–Crippen LogP) is 2.29. The van der Waals surface area contributed by atoms with Crippen molar-refractivity contribution in [2.45, 2.75) is 52.0 Å². The smallest absolute Gasteiger partial charge is 0.326 e. The van der Waals surface area contributed by atoms with Gasteiger partial charge in [0, 0.05) is 6.54 Å². The van der Waals surface area contributed by atoms with Gasteiger partial charge in [-0.25, -0.2) is 0 Å². The van der Waals surface area contributed by atoms with E-state index >= 15 is 0 Å². The van der Waals surface area contributed by atoms with E-state index in [4.69, 9.17) is 4.74 Å². The molecule has 1 saturated carbocycles. The SMILES string of the molecule is CCN(CCC1CCCC1(NC)C(=O)OC)CC(C)C. The molecule has 0 saturated heterocycles. The number of rotatable bonds is 8. The van der Waals surface area contributed by atoms with Crippen molar-refractivity contribution < 1.29 is 9.53 Å². The Morgan fingerprint density at radius 3 is 2.70 bits per heavy atom. The maximum absolute atomic E-state index is 12.2. The monoisotopic (exact) mass is 284 g/mol. The number of esters is 1. The van der Waals surface area contributed by atoms with Crippen molar-refractivity contribution in [3.05, 3.63) is 0 Å². The van der Waals surface area contributed by atoms with Crippen LogP contribution in [0.25, 0.3) is 0 Å². The van der Waals surface area contributed by atoms with Crippen LogP contribution in [-0.2, 0) is 9.53 Å². The normalized spacial score (nSPS) is 26.4. The van der Waals surface area contributed by atoms with Crippen LogP contribution >= 0.6 is 0 Å². The topological polar surface area (TPSA) is 41.6 Å². The molecule has 2 unspecified atom stereocenters. The van der Waals surface area contributed by atoms with Crippen LogP contribution in [0.5, 0.6) is 0 Å². The zero-order valence-corrected chi connectivity index (χ0v) is 13.9. The molecule has 0 radical (unpaired) electrons. The molecule has 0 aromatic rings. The second kappa shape index (κ2) is 7.99.